The third kappa shape index (κ3) is 3.17. The van der Waals surface area contributed by atoms with Gasteiger partial charge in [0.15, 0.2) is 0 Å². The van der Waals surface area contributed by atoms with Gasteiger partial charge in [-0.3, -0.25) is 10.1 Å². The number of pyridine rings is 1. The van der Waals surface area contributed by atoms with Crippen molar-refractivity contribution in [2.24, 2.45) is 5.73 Å². The van der Waals surface area contributed by atoms with Crippen LogP contribution in [0.2, 0.25) is 0 Å². The number of nitro groups is 1. The molecule has 15 heavy (non-hydrogen) atoms. The molecule has 1 aromatic heterocycles. The summed E-state index contributed by atoms with van der Waals surface area (Å²) in [6.45, 7) is 4.13. The van der Waals surface area contributed by atoms with Crippen molar-refractivity contribution in [3.05, 3.63) is 27.9 Å². The maximum Gasteiger partial charge on any atom is 0.290 e. The lowest BCUT2D eigenvalue weighted by Crippen LogP contribution is -2.25. The summed E-state index contributed by atoms with van der Waals surface area (Å²) in [5.41, 5.74) is 6.17. The SMILES string of the molecule is Cc1cc(NCC(C)N)ncc1[N+](=O)[O-]. The van der Waals surface area contributed by atoms with Crippen LogP contribution < -0.4 is 11.1 Å². The standard InChI is InChI=1S/C9H14N4O2/c1-6-3-9(11-4-7(2)10)12-5-8(6)13(14)15/h3,5,7H,4,10H2,1-2H3,(H,11,12). The van der Waals surface area contributed by atoms with Crippen LogP contribution in [0.3, 0.4) is 0 Å². The monoisotopic (exact) mass is 210 g/mol. The first-order valence-electron chi connectivity index (χ1n) is 4.61. The van der Waals surface area contributed by atoms with Crippen LogP contribution in [0.15, 0.2) is 12.3 Å². The molecule has 0 radical (unpaired) electrons. The van der Waals surface area contributed by atoms with E-state index in [-0.39, 0.29) is 11.7 Å². The predicted octanol–water partition coefficient (Wildman–Crippen LogP) is 1.06. The summed E-state index contributed by atoms with van der Waals surface area (Å²) >= 11 is 0. The van der Waals surface area contributed by atoms with Crippen LogP contribution in [0.1, 0.15) is 12.5 Å². The van der Waals surface area contributed by atoms with Gasteiger partial charge in [-0.2, -0.15) is 0 Å². The van der Waals surface area contributed by atoms with Crippen molar-refractivity contribution in [1.29, 1.82) is 0 Å². The highest BCUT2D eigenvalue weighted by atomic mass is 16.6. The molecule has 0 amide bonds. The van der Waals surface area contributed by atoms with Crippen molar-refractivity contribution in [3.63, 3.8) is 0 Å². The molecule has 1 atom stereocenters. The van der Waals surface area contributed by atoms with Crippen LogP contribution in [0, 0.1) is 17.0 Å². The Balaban J connectivity index is 2.78. The average Bonchev–Trinajstić information content (AvgIpc) is 2.14. The van der Waals surface area contributed by atoms with E-state index in [1.165, 1.54) is 6.20 Å². The molecule has 0 saturated heterocycles. The lowest BCUT2D eigenvalue weighted by Gasteiger charge is -2.08. The number of anilines is 1. The highest BCUT2D eigenvalue weighted by molar-refractivity contribution is 5.46. The number of aryl methyl sites for hydroxylation is 1. The third-order valence-corrected chi connectivity index (χ3v) is 1.89. The van der Waals surface area contributed by atoms with E-state index in [0.717, 1.165) is 0 Å². The molecule has 82 valence electrons. The molecule has 1 unspecified atom stereocenters. The molecule has 0 aliphatic rings. The molecule has 6 nitrogen and oxygen atoms in total. The van der Waals surface area contributed by atoms with Crippen LogP contribution in [-0.2, 0) is 0 Å². The molecule has 1 rings (SSSR count). The summed E-state index contributed by atoms with van der Waals surface area (Å²) in [6.07, 6.45) is 1.25. The number of hydrogen-bond acceptors (Lipinski definition) is 5. The van der Waals surface area contributed by atoms with E-state index in [2.05, 4.69) is 10.3 Å². The maximum atomic E-state index is 10.5. The van der Waals surface area contributed by atoms with E-state index in [0.29, 0.717) is 17.9 Å². The van der Waals surface area contributed by atoms with E-state index in [4.69, 9.17) is 5.73 Å². The van der Waals surface area contributed by atoms with Gasteiger partial charge in [0.05, 0.1) is 4.92 Å². The first-order chi connectivity index (χ1) is 7.00. The smallest absolute Gasteiger partial charge is 0.290 e. The fraction of sp³-hybridized carbons (Fsp3) is 0.444. The molecule has 3 N–H and O–H groups in total. The summed E-state index contributed by atoms with van der Waals surface area (Å²) in [6, 6.07) is 1.66. The van der Waals surface area contributed by atoms with Gasteiger partial charge < -0.3 is 11.1 Å². The first kappa shape index (κ1) is 11.4. The van der Waals surface area contributed by atoms with Gasteiger partial charge in [0, 0.05) is 18.2 Å². The van der Waals surface area contributed by atoms with E-state index in [1.807, 2.05) is 6.92 Å². The van der Waals surface area contributed by atoms with E-state index < -0.39 is 4.92 Å². The Morgan fingerprint density at radius 1 is 1.73 bits per heavy atom. The van der Waals surface area contributed by atoms with Crippen molar-refractivity contribution in [2.45, 2.75) is 19.9 Å². The summed E-state index contributed by atoms with van der Waals surface area (Å²) < 4.78 is 0. The lowest BCUT2D eigenvalue weighted by atomic mass is 10.2. The second-order valence-electron chi connectivity index (χ2n) is 3.47. The van der Waals surface area contributed by atoms with Gasteiger partial charge in [0.2, 0.25) is 0 Å². The Hall–Kier alpha value is -1.69. The molecule has 0 aliphatic heterocycles. The predicted molar refractivity (Wildman–Crippen MR) is 57.8 cm³/mol. The maximum absolute atomic E-state index is 10.5. The molecule has 6 heteroatoms. The van der Waals surface area contributed by atoms with Gasteiger partial charge >= 0.3 is 0 Å². The van der Waals surface area contributed by atoms with Crippen LogP contribution in [0.25, 0.3) is 0 Å². The Labute approximate surface area is 87.7 Å². The molecular formula is C9H14N4O2. The minimum Gasteiger partial charge on any atom is -0.369 e. The fourth-order valence-corrected chi connectivity index (χ4v) is 1.10. The molecular weight excluding hydrogens is 196 g/mol. The second-order valence-corrected chi connectivity index (χ2v) is 3.47. The van der Waals surface area contributed by atoms with Crippen molar-refractivity contribution in [1.82, 2.24) is 4.98 Å². The zero-order valence-electron chi connectivity index (χ0n) is 8.73. The molecule has 0 bridgehead atoms. The quantitative estimate of drug-likeness (QED) is 0.572. The third-order valence-electron chi connectivity index (χ3n) is 1.89. The fourth-order valence-electron chi connectivity index (χ4n) is 1.10. The van der Waals surface area contributed by atoms with E-state index >= 15 is 0 Å². The highest BCUT2D eigenvalue weighted by Gasteiger charge is 2.11. The van der Waals surface area contributed by atoms with Crippen molar-refractivity contribution in [2.75, 3.05) is 11.9 Å². The number of nitrogens with two attached hydrogens (primary N) is 1. The second kappa shape index (κ2) is 4.70. The van der Waals surface area contributed by atoms with Crippen LogP contribution in [0.4, 0.5) is 11.5 Å². The zero-order chi connectivity index (χ0) is 11.4. The summed E-state index contributed by atoms with van der Waals surface area (Å²) in [4.78, 5) is 14.0. The van der Waals surface area contributed by atoms with E-state index in [9.17, 15) is 10.1 Å². The minimum absolute atomic E-state index is 0.0160. The largest absolute Gasteiger partial charge is 0.369 e. The number of rotatable bonds is 4. The van der Waals surface area contributed by atoms with Gasteiger partial charge in [0.25, 0.3) is 5.69 Å². The number of nitrogens with zero attached hydrogens (tertiary/aromatic N) is 2. The van der Waals surface area contributed by atoms with Gasteiger partial charge in [-0.1, -0.05) is 0 Å². The van der Waals surface area contributed by atoms with Crippen molar-refractivity contribution < 1.29 is 4.92 Å². The highest BCUT2D eigenvalue weighted by Crippen LogP contribution is 2.18. The Morgan fingerprint density at radius 2 is 2.40 bits per heavy atom. The van der Waals surface area contributed by atoms with E-state index in [1.54, 1.807) is 13.0 Å². The lowest BCUT2D eigenvalue weighted by molar-refractivity contribution is -0.385. The molecule has 1 heterocycles. The summed E-state index contributed by atoms with van der Waals surface area (Å²) in [5, 5.41) is 13.5. The average molecular weight is 210 g/mol. The molecule has 0 spiro atoms. The van der Waals surface area contributed by atoms with Crippen LogP contribution >= 0.6 is 0 Å². The van der Waals surface area contributed by atoms with Crippen LogP contribution in [-0.4, -0.2) is 22.5 Å². The van der Waals surface area contributed by atoms with Crippen LogP contribution in [0.5, 0.6) is 0 Å². The Bertz CT molecular complexity index is 365. The number of aromatic nitrogens is 1. The first-order valence-corrected chi connectivity index (χ1v) is 4.61. The summed E-state index contributed by atoms with van der Waals surface area (Å²) in [5.74, 6) is 0.607. The number of hydrogen-bond donors (Lipinski definition) is 2. The van der Waals surface area contributed by atoms with Crippen molar-refractivity contribution in [3.8, 4) is 0 Å². The summed E-state index contributed by atoms with van der Waals surface area (Å²) in [7, 11) is 0. The Kier molecular flexibility index (Phi) is 3.56. The van der Waals surface area contributed by atoms with Crippen molar-refractivity contribution >= 4 is 11.5 Å². The van der Waals surface area contributed by atoms with Gasteiger partial charge in [-0.15, -0.1) is 0 Å². The molecule has 0 fully saturated rings. The van der Waals surface area contributed by atoms with Gasteiger partial charge in [0.1, 0.15) is 12.0 Å². The molecule has 0 aliphatic carbocycles. The normalized spacial score (nSPS) is 12.2. The van der Waals surface area contributed by atoms with Gasteiger partial charge in [-0.05, 0) is 19.9 Å². The minimum atomic E-state index is -0.447. The zero-order valence-corrected chi connectivity index (χ0v) is 8.73. The Morgan fingerprint density at radius 3 is 2.87 bits per heavy atom. The van der Waals surface area contributed by atoms with Gasteiger partial charge in [-0.25, -0.2) is 4.98 Å². The molecule has 0 saturated carbocycles. The topological polar surface area (TPSA) is 94.1 Å². The molecule has 0 aromatic carbocycles. The number of nitrogens with one attached hydrogen (secondary N) is 1. The molecule has 1 aromatic rings.